The zero-order chi connectivity index (χ0) is 47.1. The van der Waals surface area contributed by atoms with E-state index in [-0.39, 0.29) is 0 Å². The number of hydrogen-bond donors (Lipinski definition) is 0. The highest BCUT2D eigenvalue weighted by Crippen LogP contribution is 2.55. The number of nitrogens with zero attached hydrogens (tertiary/aromatic N) is 3. The fourth-order valence-corrected chi connectivity index (χ4v) is 11.5. The van der Waals surface area contributed by atoms with Gasteiger partial charge >= 0.3 is 11.7 Å². The first kappa shape index (κ1) is 37.4. The molecule has 0 radical (unpaired) electrons. The van der Waals surface area contributed by atoms with Crippen molar-refractivity contribution in [2.45, 2.75) is 59.2 Å². The van der Waals surface area contributed by atoms with Crippen LogP contribution in [0.25, 0.3) is 95.0 Å². The number of pyridine rings is 1. The van der Waals surface area contributed by atoms with E-state index in [2.05, 4.69) is 198 Å². The molecule has 5 heterocycles. The normalized spacial score (nSPS) is 15.6. The number of imidazole rings is 1. The van der Waals surface area contributed by atoms with Crippen molar-refractivity contribution >= 4 is 11.0 Å². The summed E-state index contributed by atoms with van der Waals surface area (Å²) < 4.78 is 33.5. The van der Waals surface area contributed by atoms with Gasteiger partial charge in [-0.1, -0.05) is 155 Å². The van der Waals surface area contributed by atoms with Gasteiger partial charge in [0.05, 0.1) is 5.56 Å². The summed E-state index contributed by atoms with van der Waals surface area (Å²) in [4.78, 5) is 0. The molecular weight excluding hydrogens is 815 g/mol. The summed E-state index contributed by atoms with van der Waals surface area (Å²) in [5.41, 5.74) is 22.9. The Morgan fingerprint density at radius 2 is 1.12 bits per heavy atom. The van der Waals surface area contributed by atoms with Crippen LogP contribution in [0.2, 0.25) is 0 Å². The third-order valence-electron chi connectivity index (χ3n) is 14.4. The molecule has 4 heteroatoms. The molecule has 0 N–H and O–H groups in total. The third kappa shape index (κ3) is 5.66. The monoisotopic (exact) mass is 867 g/mol. The van der Waals surface area contributed by atoms with Gasteiger partial charge < -0.3 is 4.74 Å². The summed E-state index contributed by atoms with van der Waals surface area (Å²) in [5, 5.41) is 0. The van der Waals surface area contributed by atoms with Crippen molar-refractivity contribution in [2.24, 2.45) is 0 Å². The van der Waals surface area contributed by atoms with Gasteiger partial charge in [-0.05, 0) is 135 Å². The van der Waals surface area contributed by atoms with Crippen molar-refractivity contribution < 1.29 is 16.6 Å². The van der Waals surface area contributed by atoms with Crippen molar-refractivity contribution in [2.75, 3.05) is 0 Å². The molecule has 0 amide bonds. The lowest BCUT2D eigenvalue weighted by atomic mass is 9.85. The molecule has 1 atom stereocenters. The predicted octanol–water partition coefficient (Wildman–Crippen LogP) is 15.0. The maximum atomic E-state index is 9.18. The third-order valence-corrected chi connectivity index (χ3v) is 14.4. The van der Waals surface area contributed by atoms with Gasteiger partial charge in [0.1, 0.15) is 16.8 Å². The second-order valence-electron chi connectivity index (χ2n) is 19.0. The minimum atomic E-state index is -1.10. The Morgan fingerprint density at radius 3 is 1.79 bits per heavy atom. The first-order valence-electron chi connectivity index (χ1n) is 24.4. The van der Waals surface area contributed by atoms with Crippen LogP contribution in [-0.4, -0.2) is 4.57 Å². The van der Waals surface area contributed by atoms with E-state index in [9.17, 15) is 2.74 Å². The Labute approximate surface area is 395 Å². The second kappa shape index (κ2) is 14.6. The number of para-hydroxylation sites is 1. The van der Waals surface area contributed by atoms with Crippen LogP contribution >= 0.6 is 0 Å². The van der Waals surface area contributed by atoms with Gasteiger partial charge in [0.15, 0.2) is 23.0 Å². The molecule has 8 aromatic carbocycles. The van der Waals surface area contributed by atoms with Gasteiger partial charge in [0.2, 0.25) is 5.69 Å². The number of aryl methyl sites for hydroxylation is 2. The lowest BCUT2D eigenvalue weighted by Gasteiger charge is -2.33. The van der Waals surface area contributed by atoms with Crippen molar-refractivity contribution in [3.63, 3.8) is 0 Å². The van der Waals surface area contributed by atoms with E-state index in [1.807, 2.05) is 45.9 Å². The van der Waals surface area contributed by atoms with Gasteiger partial charge in [-0.3, -0.25) is 0 Å². The van der Waals surface area contributed by atoms with E-state index >= 15 is 0 Å². The molecule has 322 valence electrons. The maximum Gasteiger partial charge on any atom is 0.499 e. The SMILES string of the molecule is [2H]C(C)(C)c1cccc(C([2H])(C)C)c1-c1ccc(-n2c3[n+]4c5c(cccc52)-c2cc(-c5ccccc5)cc5c2C4(Oc2c(C)cc(C)cc2-3)[n+]2ccc(-c3ccc(-c4ccccc4)cc3)cc2-5)cc1. The topological polar surface area (TPSA) is 21.9 Å². The number of aromatic nitrogens is 3. The van der Waals surface area contributed by atoms with Crippen molar-refractivity contribution in [3.05, 3.63) is 216 Å². The van der Waals surface area contributed by atoms with Crippen LogP contribution in [0.5, 0.6) is 5.75 Å². The van der Waals surface area contributed by atoms with E-state index in [1.165, 1.54) is 11.1 Å². The molecule has 2 aromatic heterocycles. The van der Waals surface area contributed by atoms with Crippen LogP contribution < -0.4 is 13.9 Å². The van der Waals surface area contributed by atoms with Gasteiger partial charge in [0.25, 0.3) is 0 Å². The zero-order valence-electron chi connectivity index (χ0n) is 40.6. The molecule has 1 spiro atoms. The summed E-state index contributed by atoms with van der Waals surface area (Å²) in [5.74, 6) is -0.915. The van der Waals surface area contributed by atoms with Crippen LogP contribution in [0.4, 0.5) is 0 Å². The van der Waals surface area contributed by atoms with Crippen molar-refractivity contribution in [1.29, 1.82) is 0 Å². The molecule has 3 aliphatic rings. The first-order valence-corrected chi connectivity index (χ1v) is 23.4. The zero-order valence-corrected chi connectivity index (χ0v) is 38.6. The van der Waals surface area contributed by atoms with E-state index in [1.54, 1.807) is 0 Å². The van der Waals surface area contributed by atoms with E-state index in [4.69, 9.17) is 4.74 Å². The van der Waals surface area contributed by atoms with E-state index in [0.717, 1.165) is 117 Å². The number of benzene rings is 8. The standard InChI is InChI=1S/C63H51N3O/c1-38(2)50-19-13-20-51(39(3)4)58(50)46-27-29-49(30-28-46)65-56-22-14-21-52-53-35-48(43-17-11-8-12-18-43)36-54-57-37-47(45-25-23-44(24-26-45)42-15-9-7-10-16-42)31-32-64(57)63(59(53)54)66(60(52)56)62(65)55-34-40(5)33-41(6)61(55)67-63/h7-39H,1-6H3/q+2/i38D,39D. The first-order chi connectivity index (χ1) is 33.3. The molecule has 13 rings (SSSR count). The average molecular weight is 868 g/mol. The van der Waals surface area contributed by atoms with Crippen LogP contribution in [-0.2, 0) is 5.85 Å². The number of rotatable bonds is 7. The minimum absolute atomic E-state index is 0.863. The molecule has 1 unspecified atom stereocenters. The molecule has 0 aliphatic carbocycles. The Hall–Kier alpha value is -7.82. The van der Waals surface area contributed by atoms with Gasteiger partial charge in [0, 0.05) is 26.0 Å². The van der Waals surface area contributed by atoms with Crippen LogP contribution in [0, 0.1) is 13.8 Å². The molecule has 3 aliphatic heterocycles. The minimum Gasteiger partial charge on any atom is -0.392 e. The van der Waals surface area contributed by atoms with Gasteiger partial charge in [-0.25, -0.2) is 0 Å². The fraction of sp³-hybridized carbons (Fsp3) is 0.143. The molecule has 4 nitrogen and oxygen atoms in total. The summed E-state index contributed by atoms with van der Waals surface area (Å²) in [6.07, 6.45) is 2.25. The van der Waals surface area contributed by atoms with Crippen LogP contribution in [0.1, 0.15) is 70.0 Å². The average Bonchev–Trinajstić information content (AvgIpc) is 3.85. The van der Waals surface area contributed by atoms with Gasteiger partial charge in [-0.15, -0.1) is 9.13 Å². The number of hydrogen-bond acceptors (Lipinski definition) is 1. The predicted molar refractivity (Wildman–Crippen MR) is 272 cm³/mol. The van der Waals surface area contributed by atoms with Crippen molar-refractivity contribution in [3.8, 4) is 89.7 Å². The fourth-order valence-electron chi connectivity index (χ4n) is 11.5. The molecule has 0 saturated carbocycles. The molecule has 0 saturated heterocycles. The highest BCUT2D eigenvalue weighted by molar-refractivity contribution is 5.99. The van der Waals surface area contributed by atoms with Crippen LogP contribution in [0.3, 0.4) is 0 Å². The Morgan fingerprint density at radius 1 is 0.522 bits per heavy atom. The molecule has 10 aromatic rings. The summed E-state index contributed by atoms with van der Waals surface area (Å²) in [6, 6.07) is 65.7. The quantitative estimate of drug-likeness (QED) is 0.146. The Balaban J connectivity index is 1.09. The molecule has 0 bridgehead atoms. The van der Waals surface area contributed by atoms with Crippen LogP contribution in [0.15, 0.2) is 188 Å². The summed E-state index contributed by atoms with van der Waals surface area (Å²) >= 11 is 0. The highest BCUT2D eigenvalue weighted by atomic mass is 16.5. The smallest absolute Gasteiger partial charge is 0.392 e. The number of ether oxygens (including phenoxy) is 1. The molecule has 0 fully saturated rings. The van der Waals surface area contributed by atoms with E-state index < -0.39 is 17.6 Å². The summed E-state index contributed by atoms with van der Waals surface area (Å²) in [7, 11) is 0. The largest absolute Gasteiger partial charge is 0.499 e. The highest BCUT2D eigenvalue weighted by Gasteiger charge is 2.68. The second-order valence-corrected chi connectivity index (χ2v) is 19.0. The summed E-state index contributed by atoms with van der Waals surface area (Å²) in [6.45, 7) is 12.1. The number of fused-ring (bicyclic) bond motifs is 5. The maximum absolute atomic E-state index is 9.18. The molecular formula is C63H51N3O+2. The van der Waals surface area contributed by atoms with E-state index in [0.29, 0.717) is 0 Å². The van der Waals surface area contributed by atoms with Crippen molar-refractivity contribution in [1.82, 2.24) is 4.57 Å². The Bertz CT molecular complexity index is 3730. The lowest BCUT2D eigenvalue weighted by molar-refractivity contribution is -0.997. The molecule has 67 heavy (non-hydrogen) atoms. The van der Waals surface area contributed by atoms with Gasteiger partial charge in [-0.2, -0.15) is 4.57 Å². The Kier molecular flexibility index (Phi) is 8.15. The lowest BCUT2D eigenvalue weighted by Crippen LogP contribution is -2.78.